The number of nitrogens with zero attached hydrogens (tertiary/aromatic N) is 1. The van der Waals surface area contributed by atoms with Crippen LogP contribution < -0.4 is 5.32 Å². The molecule has 3 heteroatoms. The van der Waals surface area contributed by atoms with Crippen LogP contribution in [0.5, 0.6) is 0 Å². The third kappa shape index (κ3) is 3.60. The van der Waals surface area contributed by atoms with Crippen molar-refractivity contribution < 1.29 is 0 Å². The number of nitrogens with one attached hydrogen (secondary N) is 1. The zero-order valence-corrected chi connectivity index (χ0v) is 9.90. The molecule has 0 radical (unpaired) electrons. The number of thiazole rings is 1. The van der Waals surface area contributed by atoms with Crippen LogP contribution in [0.15, 0.2) is 18.3 Å². The van der Waals surface area contributed by atoms with Gasteiger partial charge in [-0.3, -0.25) is 0 Å². The van der Waals surface area contributed by atoms with E-state index in [2.05, 4.69) is 36.3 Å². The molecule has 14 heavy (non-hydrogen) atoms. The summed E-state index contributed by atoms with van der Waals surface area (Å²) in [4.78, 5) is 5.57. The minimum absolute atomic E-state index is 0.423. The molecule has 0 amide bonds. The highest BCUT2D eigenvalue weighted by molar-refractivity contribution is 7.11. The predicted molar refractivity (Wildman–Crippen MR) is 62.7 cm³/mol. The van der Waals surface area contributed by atoms with Crippen LogP contribution in [0, 0.1) is 6.92 Å². The molecule has 1 atom stereocenters. The topological polar surface area (TPSA) is 24.9 Å². The number of allylic oxidation sites excluding steroid dienone is 1. The molecule has 1 heterocycles. The molecule has 0 fully saturated rings. The van der Waals surface area contributed by atoms with Gasteiger partial charge in [0.15, 0.2) is 0 Å². The summed E-state index contributed by atoms with van der Waals surface area (Å²) in [6.45, 7) is 7.31. The first-order chi connectivity index (χ1) is 6.74. The van der Waals surface area contributed by atoms with Crippen molar-refractivity contribution >= 4 is 11.3 Å². The largest absolute Gasteiger partial charge is 0.309 e. The molecule has 0 aliphatic carbocycles. The Bertz CT molecular complexity index is 291. The smallest absolute Gasteiger partial charge is 0.0897 e. The summed E-state index contributed by atoms with van der Waals surface area (Å²) in [5.41, 5.74) is 0. The first kappa shape index (κ1) is 11.4. The van der Waals surface area contributed by atoms with E-state index in [1.807, 2.05) is 13.1 Å². The van der Waals surface area contributed by atoms with Gasteiger partial charge in [-0.1, -0.05) is 12.2 Å². The van der Waals surface area contributed by atoms with Crippen molar-refractivity contribution in [1.29, 1.82) is 0 Å². The van der Waals surface area contributed by atoms with Gasteiger partial charge in [0.1, 0.15) is 0 Å². The Hall–Kier alpha value is -0.670. The van der Waals surface area contributed by atoms with Crippen LogP contribution in [0.25, 0.3) is 0 Å². The Balaban J connectivity index is 2.31. The lowest BCUT2D eigenvalue weighted by atomic mass is 10.3. The average molecular weight is 210 g/mol. The summed E-state index contributed by atoms with van der Waals surface area (Å²) in [6, 6.07) is 0.423. The molecule has 0 bridgehead atoms. The number of hydrogen-bond acceptors (Lipinski definition) is 3. The highest BCUT2D eigenvalue weighted by atomic mass is 32.1. The molecule has 2 nitrogen and oxygen atoms in total. The van der Waals surface area contributed by atoms with Crippen molar-refractivity contribution in [3.05, 3.63) is 28.2 Å². The summed E-state index contributed by atoms with van der Waals surface area (Å²) < 4.78 is 0. The summed E-state index contributed by atoms with van der Waals surface area (Å²) in [7, 11) is 0. The van der Waals surface area contributed by atoms with Crippen molar-refractivity contribution in [2.75, 3.05) is 6.54 Å². The molecule has 78 valence electrons. The lowest BCUT2D eigenvalue weighted by molar-refractivity contribution is 0.588. The normalized spacial score (nSPS) is 13.6. The van der Waals surface area contributed by atoms with Gasteiger partial charge in [0.25, 0.3) is 0 Å². The molecule has 1 unspecified atom stereocenters. The maximum Gasteiger partial charge on any atom is 0.0897 e. The second-order valence-electron chi connectivity index (χ2n) is 3.32. The Labute approximate surface area is 90.1 Å². The quantitative estimate of drug-likeness (QED) is 0.597. The van der Waals surface area contributed by atoms with E-state index in [-0.39, 0.29) is 0 Å². The molecule has 1 rings (SSSR count). The van der Waals surface area contributed by atoms with Gasteiger partial charge in [-0.15, -0.1) is 11.3 Å². The fraction of sp³-hybridized carbons (Fsp3) is 0.545. The molecule has 1 aromatic rings. The molecule has 0 spiro atoms. The highest BCUT2D eigenvalue weighted by Gasteiger charge is 2.06. The Kier molecular flexibility index (Phi) is 4.84. The Morgan fingerprint density at radius 1 is 1.64 bits per heavy atom. The number of aryl methyl sites for hydroxylation is 1. The third-order valence-electron chi connectivity index (χ3n) is 2.06. The number of rotatable bonds is 5. The second kappa shape index (κ2) is 5.94. The van der Waals surface area contributed by atoms with E-state index in [1.54, 1.807) is 11.3 Å². The van der Waals surface area contributed by atoms with Crippen LogP contribution >= 0.6 is 11.3 Å². The van der Waals surface area contributed by atoms with Gasteiger partial charge in [0, 0.05) is 17.1 Å². The van der Waals surface area contributed by atoms with E-state index in [0.717, 1.165) is 18.0 Å². The molecule has 0 saturated carbocycles. The monoisotopic (exact) mass is 210 g/mol. The van der Waals surface area contributed by atoms with Crippen LogP contribution in [0.4, 0.5) is 0 Å². The SMILES string of the molecule is C/C=C/CCNC(C)c1cnc(C)s1. The van der Waals surface area contributed by atoms with Crippen molar-refractivity contribution in [3.8, 4) is 0 Å². The van der Waals surface area contributed by atoms with Crippen molar-refractivity contribution in [3.63, 3.8) is 0 Å². The fourth-order valence-electron chi connectivity index (χ4n) is 1.23. The van der Waals surface area contributed by atoms with Gasteiger partial charge in [-0.25, -0.2) is 4.98 Å². The van der Waals surface area contributed by atoms with Crippen LogP contribution in [0.3, 0.4) is 0 Å². The maximum absolute atomic E-state index is 4.25. The molecular formula is C11H18N2S. The molecule has 1 N–H and O–H groups in total. The molecular weight excluding hydrogens is 192 g/mol. The maximum atomic E-state index is 4.25. The van der Waals surface area contributed by atoms with E-state index in [4.69, 9.17) is 0 Å². The van der Waals surface area contributed by atoms with Crippen LogP contribution in [0.2, 0.25) is 0 Å². The standard InChI is InChI=1S/C11H18N2S/c1-4-5-6-7-12-9(2)11-8-13-10(3)14-11/h4-5,8-9,12H,6-7H2,1-3H3/b5-4+. The van der Waals surface area contributed by atoms with Crippen molar-refractivity contribution in [2.24, 2.45) is 0 Å². The molecule has 0 saturated heterocycles. The highest BCUT2D eigenvalue weighted by Crippen LogP contribution is 2.19. The van der Waals surface area contributed by atoms with Gasteiger partial charge in [-0.05, 0) is 33.7 Å². The zero-order valence-electron chi connectivity index (χ0n) is 9.08. The molecule has 0 aliphatic rings. The molecule has 0 aliphatic heterocycles. The van der Waals surface area contributed by atoms with Gasteiger partial charge < -0.3 is 5.32 Å². The summed E-state index contributed by atoms with van der Waals surface area (Å²) in [5, 5.41) is 4.61. The first-order valence-electron chi connectivity index (χ1n) is 5.01. The lowest BCUT2D eigenvalue weighted by Crippen LogP contribution is -2.18. The van der Waals surface area contributed by atoms with Crippen LogP contribution in [-0.2, 0) is 0 Å². The van der Waals surface area contributed by atoms with Crippen molar-refractivity contribution in [1.82, 2.24) is 10.3 Å². The average Bonchev–Trinajstić information content (AvgIpc) is 2.59. The first-order valence-corrected chi connectivity index (χ1v) is 5.82. The van der Waals surface area contributed by atoms with Gasteiger partial charge in [0.05, 0.1) is 5.01 Å². The van der Waals surface area contributed by atoms with Crippen LogP contribution in [0.1, 0.15) is 36.2 Å². The zero-order chi connectivity index (χ0) is 10.4. The van der Waals surface area contributed by atoms with E-state index >= 15 is 0 Å². The summed E-state index contributed by atoms with van der Waals surface area (Å²) in [5.74, 6) is 0. The van der Waals surface area contributed by atoms with E-state index in [1.165, 1.54) is 4.88 Å². The Morgan fingerprint density at radius 3 is 3.00 bits per heavy atom. The lowest BCUT2D eigenvalue weighted by Gasteiger charge is -2.09. The number of hydrogen-bond donors (Lipinski definition) is 1. The van der Waals surface area contributed by atoms with Crippen molar-refractivity contribution in [2.45, 2.75) is 33.2 Å². The van der Waals surface area contributed by atoms with E-state index in [0.29, 0.717) is 6.04 Å². The minimum Gasteiger partial charge on any atom is -0.309 e. The number of aromatic nitrogens is 1. The van der Waals surface area contributed by atoms with E-state index < -0.39 is 0 Å². The summed E-state index contributed by atoms with van der Waals surface area (Å²) >= 11 is 1.77. The minimum atomic E-state index is 0.423. The fourth-order valence-corrected chi connectivity index (χ4v) is 2.04. The predicted octanol–water partition coefficient (Wildman–Crippen LogP) is 3.07. The van der Waals surface area contributed by atoms with Gasteiger partial charge in [0.2, 0.25) is 0 Å². The molecule has 1 aromatic heterocycles. The summed E-state index contributed by atoms with van der Waals surface area (Å²) in [6.07, 6.45) is 7.33. The second-order valence-corrected chi connectivity index (χ2v) is 4.58. The van der Waals surface area contributed by atoms with Gasteiger partial charge >= 0.3 is 0 Å². The van der Waals surface area contributed by atoms with E-state index in [9.17, 15) is 0 Å². The Morgan fingerprint density at radius 2 is 2.43 bits per heavy atom. The van der Waals surface area contributed by atoms with Gasteiger partial charge in [-0.2, -0.15) is 0 Å². The molecule has 0 aromatic carbocycles. The third-order valence-corrected chi connectivity index (χ3v) is 3.16. The van der Waals surface area contributed by atoms with Crippen LogP contribution in [-0.4, -0.2) is 11.5 Å².